The molecular weight excluding hydrogens is 319 g/mol. The molecule has 0 fully saturated rings. The van der Waals surface area contributed by atoms with Gasteiger partial charge in [0.2, 0.25) is 0 Å². The van der Waals surface area contributed by atoms with E-state index in [9.17, 15) is 9.18 Å². The fourth-order valence-electron chi connectivity index (χ4n) is 2.98. The van der Waals surface area contributed by atoms with Crippen molar-refractivity contribution in [1.29, 1.82) is 0 Å². The van der Waals surface area contributed by atoms with Crippen molar-refractivity contribution in [3.63, 3.8) is 0 Å². The Morgan fingerprint density at radius 1 is 1.32 bits per heavy atom. The zero-order valence-electron chi connectivity index (χ0n) is 14.6. The molecule has 1 aromatic carbocycles. The Morgan fingerprint density at radius 3 is 2.88 bits per heavy atom. The minimum Gasteiger partial charge on any atom is -0.358 e. The highest BCUT2D eigenvalue weighted by atomic mass is 19.1. The second-order valence-corrected chi connectivity index (χ2v) is 6.18. The van der Waals surface area contributed by atoms with E-state index in [1.54, 1.807) is 0 Å². The lowest BCUT2D eigenvalue weighted by atomic mass is 10.1. The van der Waals surface area contributed by atoms with Crippen LogP contribution in [0.2, 0.25) is 0 Å². The van der Waals surface area contributed by atoms with E-state index in [-0.39, 0.29) is 18.3 Å². The number of carbonyl (C=O) groups is 1. The maximum atomic E-state index is 14.0. The summed E-state index contributed by atoms with van der Waals surface area (Å²) in [4.78, 5) is 23.9. The predicted octanol–water partition coefficient (Wildman–Crippen LogP) is 3.60. The number of nitrogens with one attached hydrogen (secondary N) is 2. The monoisotopic (exact) mass is 340 g/mol. The molecule has 0 aliphatic carbocycles. The number of nitrogens with zero attached hydrogens (tertiary/aromatic N) is 2. The highest BCUT2D eigenvalue weighted by molar-refractivity contribution is 5.95. The van der Waals surface area contributed by atoms with Crippen LogP contribution in [0.3, 0.4) is 0 Å². The van der Waals surface area contributed by atoms with Gasteiger partial charge in [-0.15, -0.1) is 0 Å². The molecule has 0 unspecified atom stereocenters. The van der Waals surface area contributed by atoms with E-state index in [0.717, 1.165) is 34.3 Å². The lowest BCUT2D eigenvalue weighted by Crippen LogP contribution is -2.25. The Balaban J connectivity index is 1.86. The van der Waals surface area contributed by atoms with Gasteiger partial charge in [-0.2, -0.15) is 0 Å². The molecule has 3 aromatic rings. The highest BCUT2D eigenvalue weighted by Gasteiger charge is 2.15. The summed E-state index contributed by atoms with van der Waals surface area (Å²) in [5.74, 6) is -0.560. The summed E-state index contributed by atoms with van der Waals surface area (Å²) >= 11 is 0. The van der Waals surface area contributed by atoms with Crippen LogP contribution in [-0.4, -0.2) is 20.9 Å². The van der Waals surface area contributed by atoms with Crippen molar-refractivity contribution in [2.75, 3.05) is 0 Å². The SMILES string of the molecule is CCCc1ncncc1C(=O)NCc1cc(F)cc2c(C)c(C)[nH]c12. The van der Waals surface area contributed by atoms with Gasteiger partial charge in [-0.25, -0.2) is 14.4 Å². The van der Waals surface area contributed by atoms with E-state index in [1.807, 2.05) is 20.8 Å². The van der Waals surface area contributed by atoms with Gasteiger partial charge in [0.25, 0.3) is 5.91 Å². The number of aromatic amines is 1. The van der Waals surface area contributed by atoms with Crippen molar-refractivity contribution in [3.05, 3.63) is 58.6 Å². The zero-order valence-corrected chi connectivity index (χ0v) is 14.6. The molecule has 130 valence electrons. The average Bonchev–Trinajstić information content (AvgIpc) is 2.88. The lowest BCUT2D eigenvalue weighted by molar-refractivity contribution is 0.0949. The van der Waals surface area contributed by atoms with Gasteiger partial charge in [0.1, 0.15) is 12.1 Å². The third-order valence-electron chi connectivity index (χ3n) is 4.43. The van der Waals surface area contributed by atoms with E-state index in [2.05, 4.69) is 20.3 Å². The van der Waals surface area contributed by atoms with Crippen LogP contribution in [0.4, 0.5) is 4.39 Å². The van der Waals surface area contributed by atoms with Crippen LogP contribution in [-0.2, 0) is 13.0 Å². The smallest absolute Gasteiger partial charge is 0.254 e. The molecule has 0 saturated carbocycles. The summed E-state index contributed by atoms with van der Waals surface area (Å²) < 4.78 is 14.0. The fourth-order valence-corrected chi connectivity index (χ4v) is 2.98. The molecule has 25 heavy (non-hydrogen) atoms. The number of aromatic nitrogens is 3. The summed E-state index contributed by atoms with van der Waals surface area (Å²) in [6, 6.07) is 2.97. The molecule has 0 radical (unpaired) electrons. The van der Waals surface area contributed by atoms with E-state index < -0.39 is 0 Å². The summed E-state index contributed by atoms with van der Waals surface area (Å²) in [5, 5.41) is 3.70. The molecular formula is C19H21FN4O. The first-order chi connectivity index (χ1) is 12.0. The average molecular weight is 340 g/mol. The van der Waals surface area contributed by atoms with Gasteiger partial charge < -0.3 is 10.3 Å². The molecule has 6 heteroatoms. The molecule has 5 nitrogen and oxygen atoms in total. The van der Waals surface area contributed by atoms with Crippen molar-refractivity contribution in [1.82, 2.24) is 20.3 Å². The Labute approximate surface area is 145 Å². The van der Waals surface area contributed by atoms with Gasteiger partial charge in [0, 0.05) is 23.8 Å². The standard InChI is InChI=1S/C19H21FN4O/c1-4-5-17-16(9-21-10-23-17)19(25)22-8-13-6-14(20)7-15-11(2)12(3)24-18(13)15/h6-7,9-10,24H,4-5,8H2,1-3H3,(H,22,25). The number of halogens is 1. The molecule has 2 N–H and O–H groups in total. The molecule has 0 aliphatic rings. The number of H-pyrrole nitrogens is 1. The Hall–Kier alpha value is -2.76. The second kappa shape index (κ2) is 7.01. The van der Waals surface area contributed by atoms with Gasteiger partial charge in [0.15, 0.2) is 0 Å². The minimum absolute atomic E-state index is 0.229. The van der Waals surface area contributed by atoms with E-state index >= 15 is 0 Å². The number of benzene rings is 1. The van der Waals surface area contributed by atoms with Crippen LogP contribution in [0.1, 0.15) is 46.2 Å². The molecule has 2 heterocycles. The van der Waals surface area contributed by atoms with E-state index in [0.29, 0.717) is 17.5 Å². The number of fused-ring (bicyclic) bond motifs is 1. The van der Waals surface area contributed by atoms with Crippen LogP contribution in [0.15, 0.2) is 24.7 Å². The van der Waals surface area contributed by atoms with Crippen molar-refractivity contribution >= 4 is 16.8 Å². The van der Waals surface area contributed by atoms with E-state index in [4.69, 9.17) is 0 Å². The number of aryl methyl sites for hydroxylation is 3. The Morgan fingerprint density at radius 2 is 2.12 bits per heavy atom. The summed E-state index contributed by atoms with van der Waals surface area (Å²) in [7, 11) is 0. The minimum atomic E-state index is -0.312. The van der Waals surface area contributed by atoms with Gasteiger partial charge in [-0.05, 0) is 43.5 Å². The fraction of sp³-hybridized carbons (Fsp3) is 0.316. The first-order valence-corrected chi connectivity index (χ1v) is 8.35. The number of rotatable bonds is 5. The van der Waals surface area contributed by atoms with Crippen molar-refractivity contribution in [2.24, 2.45) is 0 Å². The van der Waals surface area contributed by atoms with Crippen LogP contribution < -0.4 is 5.32 Å². The lowest BCUT2D eigenvalue weighted by Gasteiger charge is -2.09. The third kappa shape index (κ3) is 3.38. The molecule has 0 aliphatic heterocycles. The highest BCUT2D eigenvalue weighted by Crippen LogP contribution is 2.25. The second-order valence-electron chi connectivity index (χ2n) is 6.18. The summed E-state index contributed by atoms with van der Waals surface area (Å²) in [5.41, 5.74) is 4.78. The topological polar surface area (TPSA) is 70.7 Å². The summed E-state index contributed by atoms with van der Waals surface area (Å²) in [6.07, 6.45) is 4.58. The van der Waals surface area contributed by atoms with Crippen molar-refractivity contribution in [3.8, 4) is 0 Å². The summed E-state index contributed by atoms with van der Waals surface area (Å²) in [6.45, 7) is 6.17. The first kappa shape index (κ1) is 17.1. The largest absolute Gasteiger partial charge is 0.358 e. The third-order valence-corrected chi connectivity index (χ3v) is 4.43. The predicted molar refractivity (Wildman–Crippen MR) is 94.9 cm³/mol. The number of hydrogen-bond donors (Lipinski definition) is 2. The molecule has 0 saturated heterocycles. The Bertz CT molecular complexity index is 933. The van der Waals surface area contributed by atoms with Crippen LogP contribution >= 0.6 is 0 Å². The quantitative estimate of drug-likeness (QED) is 0.745. The molecule has 1 amide bonds. The first-order valence-electron chi connectivity index (χ1n) is 8.35. The maximum Gasteiger partial charge on any atom is 0.254 e. The van der Waals surface area contributed by atoms with Crippen molar-refractivity contribution < 1.29 is 9.18 Å². The van der Waals surface area contributed by atoms with Gasteiger partial charge >= 0.3 is 0 Å². The van der Waals surface area contributed by atoms with Crippen molar-refractivity contribution in [2.45, 2.75) is 40.2 Å². The van der Waals surface area contributed by atoms with Gasteiger partial charge in [-0.1, -0.05) is 13.3 Å². The zero-order chi connectivity index (χ0) is 18.0. The van der Waals surface area contributed by atoms with Gasteiger partial charge in [0.05, 0.1) is 16.8 Å². The molecule has 0 spiro atoms. The molecule has 0 bridgehead atoms. The molecule has 3 rings (SSSR count). The Kier molecular flexibility index (Phi) is 4.79. The van der Waals surface area contributed by atoms with Crippen LogP contribution in [0, 0.1) is 19.7 Å². The molecule has 0 atom stereocenters. The maximum absolute atomic E-state index is 14.0. The molecule has 2 aromatic heterocycles. The number of carbonyl (C=O) groups excluding carboxylic acids is 1. The number of amides is 1. The normalized spacial score (nSPS) is 11.0. The number of hydrogen-bond acceptors (Lipinski definition) is 3. The van der Waals surface area contributed by atoms with E-state index in [1.165, 1.54) is 24.7 Å². The van der Waals surface area contributed by atoms with Gasteiger partial charge in [-0.3, -0.25) is 4.79 Å². The van der Waals surface area contributed by atoms with Crippen LogP contribution in [0.5, 0.6) is 0 Å². The van der Waals surface area contributed by atoms with Crippen LogP contribution in [0.25, 0.3) is 10.9 Å².